The van der Waals surface area contributed by atoms with Gasteiger partial charge in [-0.25, -0.2) is 0 Å². The van der Waals surface area contributed by atoms with Crippen molar-refractivity contribution in [2.75, 3.05) is 19.6 Å². The fourth-order valence-corrected chi connectivity index (χ4v) is 2.23. The first-order chi connectivity index (χ1) is 9.86. The molecule has 0 spiro atoms. The van der Waals surface area contributed by atoms with Crippen LogP contribution in [-0.4, -0.2) is 25.5 Å². The molecule has 124 valence electrons. The van der Waals surface area contributed by atoms with E-state index in [1.165, 1.54) is 6.07 Å². The van der Waals surface area contributed by atoms with Crippen LogP contribution in [0.1, 0.15) is 18.1 Å². The third-order valence-electron chi connectivity index (χ3n) is 3.67. The molecular formula is C15H20ClF3N2O. The van der Waals surface area contributed by atoms with Gasteiger partial charge in [-0.15, -0.1) is 12.4 Å². The topological polar surface area (TPSA) is 41.1 Å². The summed E-state index contributed by atoms with van der Waals surface area (Å²) in [5.41, 5.74) is -0.147. The zero-order chi connectivity index (χ0) is 15.5. The molecule has 2 N–H and O–H groups in total. The van der Waals surface area contributed by atoms with Crippen LogP contribution in [0.4, 0.5) is 13.2 Å². The fourth-order valence-electron chi connectivity index (χ4n) is 2.23. The molecule has 1 unspecified atom stereocenters. The number of carbonyl (C=O) groups excluding carboxylic acids is 1. The van der Waals surface area contributed by atoms with Gasteiger partial charge in [-0.3, -0.25) is 4.79 Å². The van der Waals surface area contributed by atoms with Gasteiger partial charge in [-0.05, 0) is 18.1 Å². The zero-order valence-electron chi connectivity index (χ0n) is 12.2. The Morgan fingerprint density at radius 2 is 2.09 bits per heavy atom. The molecule has 1 fully saturated rings. The maximum Gasteiger partial charge on any atom is 0.416 e. The highest BCUT2D eigenvalue weighted by Crippen LogP contribution is 2.29. The Morgan fingerprint density at radius 1 is 1.41 bits per heavy atom. The van der Waals surface area contributed by atoms with Gasteiger partial charge in [-0.1, -0.05) is 25.1 Å². The van der Waals surface area contributed by atoms with Gasteiger partial charge >= 0.3 is 6.18 Å². The molecule has 22 heavy (non-hydrogen) atoms. The standard InChI is InChI=1S/C15H19F3N2O.ClH/c1-10(14(21)20-9-12-7-19-8-12)5-11-3-2-4-13(6-11)15(16,17)18;/h2-4,6,10,12,19H,5,7-9H2,1H3,(H,20,21);1H. The van der Waals surface area contributed by atoms with Crippen LogP contribution in [0.25, 0.3) is 0 Å². The number of halogens is 4. The molecule has 0 aromatic heterocycles. The van der Waals surface area contributed by atoms with Crippen molar-refractivity contribution in [2.45, 2.75) is 19.5 Å². The second-order valence-corrected chi connectivity index (χ2v) is 5.57. The molecule has 1 atom stereocenters. The first-order valence-corrected chi connectivity index (χ1v) is 7.01. The molecule has 1 saturated heterocycles. The average molecular weight is 337 g/mol. The van der Waals surface area contributed by atoms with Gasteiger partial charge in [0.25, 0.3) is 0 Å². The molecule has 7 heteroatoms. The van der Waals surface area contributed by atoms with Crippen LogP contribution in [0.2, 0.25) is 0 Å². The van der Waals surface area contributed by atoms with Crippen LogP contribution >= 0.6 is 12.4 Å². The highest BCUT2D eigenvalue weighted by molar-refractivity contribution is 5.85. The van der Waals surface area contributed by atoms with Crippen molar-refractivity contribution in [3.8, 4) is 0 Å². The van der Waals surface area contributed by atoms with E-state index < -0.39 is 11.7 Å². The molecule has 1 aromatic rings. The number of benzene rings is 1. The fraction of sp³-hybridized carbons (Fsp3) is 0.533. The van der Waals surface area contributed by atoms with Crippen molar-refractivity contribution in [3.05, 3.63) is 35.4 Å². The number of carbonyl (C=O) groups is 1. The molecule has 3 nitrogen and oxygen atoms in total. The van der Waals surface area contributed by atoms with E-state index in [1.54, 1.807) is 13.0 Å². The lowest BCUT2D eigenvalue weighted by molar-refractivity contribution is -0.137. The van der Waals surface area contributed by atoms with Gasteiger partial charge in [-0.2, -0.15) is 13.2 Å². The van der Waals surface area contributed by atoms with Gasteiger partial charge < -0.3 is 10.6 Å². The van der Waals surface area contributed by atoms with Crippen LogP contribution in [0.5, 0.6) is 0 Å². The minimum atomic E-state index is -4.35. The number of rotatable bonds is 5. The lowest BCUT2D eigenvalue weighted by Gasteiger charge is -2.27. The molecule has 0 saturated carbocycles. The molecule has 1 aliphatic heterocycles. The van der Waals surface area contributed by atoms with Gasteiger partial charge in [0.2, 0.25) is 5.91 Å². The Labute approximate surface area is 134 Å². The van der Waals surface area contributed by atoms with Crippen LogP contribution in [0, 0.1) is 11.8 Å². The summed E-state index contributed by atoms with van der Waals surface area (Å²) in [6.07, 6.45) is -4.04. The van der Waals surface area contributed by atoms with Gasteiger partial charge in [0, 0.05) is 31.5 Å². The van der Waals surface area contributed by atoms with Gasteiger partial charge in [0.15, 0.2) is 0 Å². The molecule has 1 amide bonds. The van der Waals surface area contributed by atoms with Crippen molar-refractivity contribution in [1.29, 1.82) is 0 Å². The summed E-state index contributed by atoms with van der Waals surface area (Å²) in [6.45, 7) is 4.16. The van der Waals surface area contributed by atoms with E-state index in [-0.39, 0.29) is 24.2 Å². The first-order valence-electron chi connectivity index (χ1n) is 7.01. The molecule has 0 bridgehead atoms. The summed E-state index contributed by atoms with van der Waals surface area (Å²) in [7, 11) is 0. The summed E-state index contributed by atoms with van der Waals surface area (Å²) in [5, 5.41) is 5.96. The van der Waals surface area contributed by atoms with E-state index in [1.807, 2.05) is 0 Å². The van der Waals surface area contributed by atoms with E-state index >= 15 is 0 Å². The summed E-state index contributed by atoms with van der Waals surface area (Å²) in [5.74, 6) is 0.00976. The van der Waals surface area contributed by atoms with Crippen LogP contribution in [0.15, 0.2) is 24.3 Å². The lowest BCUT2D eigenvalue weighted by atomic mass is 9.98. The van der Waals surface area contributed by atoms with Gasteiger partial charge in [0.1, 0.15) is 0 Å². The number of hydrogen-bond acceptors (Lipinski definition) is 2. The van der Waals surface area contributed by atoms with Gasteiger partial charge in [0.05, 0.1) is 5.56 Å². The average Bonchev–Trinajstić information content (AvgIpc) is 2.36. The van der Waals surface area contributed by atoms with E-state index in [4.69, 9.17) is 0 Å². The zero-order valence-corrected chi connectivity index (χ0v) is 13.1. The molecule has 1 aliphatic rings. The molecule has 0 aliphatic carbocycles. The Kier molecular flexibility index (Phi) is 6.68. The van der Waals surface area contributed by atoms with Crippen molar-refractivity contribution in [2.24, 2.45) is 11.8 Å². The van der Waals surface area contributed by atoms with Crippen LogP contribution < -0.4 is 10.6 Å². The summed E-state index contributed by atoms with van der Waals surface area (Å²) < 4.78 is 37.9. The Morgan fingerprint density at radius 3 is 2.64 bits per heavy atom. The van der Waals surface area contributed by atoms with E-state index in [9.17, 15) is 18.0 Å². The Balaban J connectivity index is 0.00000242. The summed E-state index contributed by atoms with van der Waals surface area (Å²) in [6, 6.07) is 5.15. The number of hydrogen-bond donors (Lipinski definition) is 2. The number of nitrogens with one attached hydrogen (secondary N) is 2. The molecule has 1 aromatic carbocycles. The van der Waals surface area contributed by atoms with E-state index in [0.29, 0.717) is 24.4 Å². The summed E-state index contributed by atoms with van der Waals surface area (Å²) >= 11 is 0. The van der Waals surface area contributed by atoms with Crippen molar-refractivity contribution in [3.63, 3.8) is 0 Å². The minimum Gasteiger partial charge on any atom is -0.355 e. The van der Waals surface area contributed by atoms with Crippen molar-refractivity contribution >= 4 is 18.3 Å². The van der Waals surface area contributed by atoms with Crippen LogP contribution in [0.3, 0.4) is 0 Å². The maximum atomic E-state index is 12.6. The molecule has 2 rings (SSSR count). The van der Waals surface area contributed by atoms with Crippen molar-refractivity contribution < 1.29 is 18.0 Å². The number of alkyl halides is 3. The Hall–Kier alpha value is -1.27. The monoisotopic (exact) mass is 336 g/mol. The third kappa shape index (κ3) is 5.18. The normalized spacial score (nSPS) is 16.4. The molecular weight excluding hydrogens is 317 g/mol. The Bertz CT molecular complexity index is 504. The van der Waals surface area contributed by atoms with E-state index in [2.05, 4.69) is 10.6 Å². The predicted octanol–water partition coefficient (Wildman–Crippen LogP) is 2.64. The first kappa shape index (κ1) is 18.8. The lowest BCUT2D eigenvalue weighted by Crippen LogP contribution is -2.48. The smallest absolute Gasteiger partial charge is 0.355 e. The quantitative estimate of drug-likeness (QED) is 0.868. The maximum absolute atomic E-state index is 12.6. The van der Waals surface area contributed by atoms with E-state index in [0.717, 1.165) is 25.2 Å². The SMILES string of the molecule is CC(Cc1cccc(C(F)(F)F)c1)C(=O)NCC1CNC1.Cl. The second-order valence-electron chi connectivity index (χ2n) is 5.57. The highest BCUT2D eigenvalue weighted by Gasteiger charge is 2.30. The predicted molar refractivity (Wildman–Crippen MR) is 80.9 cm³/mol. The second kappa shape index (κ2) is 7.83. The largest absolute Gasteiger partial charge is 0.416 e. The molecule has 1 heterocycles. The summed E-state index contributed by atoms with van der Waals surface area (Å²) in [4.78, 5) is 11.9. The molecule has 0 radical (unpaired) electrons. The van der Waals surface area contributed by atoms with Crippen molar-refractivity contribution in [1.82, 2.24) is 10.6 Å². The third-order valence-corrected chi connectivity index (χ3v) is 3.67. The van der Waals surface area contributed by atoms with Crippen LogP contribution in [-0.2, 0) is 17.4 Å². The minimum absolute atomic E-state index is 0. The highest BCUT2D eigenvalue weighted by atomic mass is 35.5. The number of amides is 1.